The summed E-state index contributed by atoms with van der Waals surface area (Å²) in [4.78, 5) is 12.4. The second-order valence-corrected chi connectivity index (χ2v) is 6.08. The Labute approximate surface area is 163 Å². The number of rotatable bonds is 7. The van der Waals surface area contributed by atoms with Crippen LogP contribution in [-0.4, -0.2) is 23.1 Å². The van der Waals surface area contributed by atoms with E-state index >= 15 is 0 Å². The SMILES string of the molecule is COc1cc(C=CC(=O)c2ccc(OCc3ccccc3)cc2O)ccc1O. The van der Waals surface area contributed by atoms with Gasteiger partial charge in [0.15, 0.2) is 17.3 Å². The molecular formula is C23H20O5. The molecule has 3 rings (SSSR count). The summed E-state index contributed by atoms with van der Waals surface area (Å²) in [7, 11) is 1.45. The number of phenolic OH excluding ortho intramolecular Hbond substituents is 2. The van der Waals surface area contributed by atoms with E-state index in [-0.39, 0.29) is 22.8 Å². The fourth-order valence-electron chi connectivity index (χ4n) is 2.61. The van der Waals surface area contributed by atoms with Crippen LogP contribution in [0.3, 0.4) is 0 Å². The molecule has 142 valence electrons. The van der Waals surface area contributed by atoms with Crippen molar-refractivity contribution in [3.63, 3.8) is 0 Å². The largest absolute Gasteiger partial charge is 0.507 e. The summed E-state index contributed by atoms with van der Waals surface area (Å²) in [6.07, 6.45) is 2.94. The van der Waals surface area contributed by atoms with E-state index in [0.717, 1.165) is 5.56 Å². The predicted molar refractivity (Wildman–Crippen MR) is 107 cm³/mol. The quantitative estimate of drug-likeness (QED) is 0.466. The first-order valence-electron chi connectivity index (χ1n) is 8.66. The Bertz CT molecular complexity index is 993. The average molecular weight is 376 g/mol. The monoisotopic (exact) mass is 376 g/mol. The highest BCUT2D eigenvalue weighted by molar-refractivity contribution is 6.08. The van der Waals surface area contributed by atoms with Gasteiger partial charge in [-0.15, -0.1) is 0 Å². The molecule has 3 aromatic carbocycles. The topological polar surface area (TPSA) is 76.0 Å². The average Bonchev–Trinajstić information content (AvgIpc) is 2.72. The highest BCUT2D eigenvalue weighted by atomic mass is 16.5. The molecule has 0 saturated heterocycles. The minimum Gasteiger partial charge on any atom is -0.507 e. The van der Waals surface area contributed by atoms with E-state index in [1.165, 1.54) is 31.4 Å². The number of ketones is 1. The fourth-order valence-corrected chi connectivity index (χ4v) is 2.61. The van der Waals surface area contributed by atoms with E-state index in [0.29, 0.717) is 23.7 Å². The molecule has 2 N–H and O–H groups in total. The number of carbonyl (C=O) groups is 1. The van der Waals surface area contributed by atoms with Gasteiger partial charge in [0.2, 0.25) is 0 Å². The normalized spacial score (nSPS) is 10.8. The van der Waals surface area contributed by atoms with Crippen molar-refractivity contribution in [2.45, 2.75) is 6.61 Å². The van der Waals surface area contributed by atoms with Gasteiger partial charge in [-0.3, -0.25) is 4.79 Å². The number of ether oxygens (including phenoxy) is 2. The van der Waals surface area contributed by atoms with Crippen LogP contribution in [0.25, 0.3) is 6.08 Å². The molecule has 0 radical (unpaired) electrons. The Morgan fingerprint density at radius 3 is 2.46 bits per heavy atom. The van der Waals surface area contributed by atoms with E-state index < -0.39 is 0 Å². The molecule has 0 bridgehead atoms. The summed E-state index contributed by atoms with van der Waals surface area (Å²) in [6.45, 7) is 0.371. The van der Waals surface area contributed by atoms with Gasteiger partial charge in [-0.05, 0) is 41.5 Å². The molecule has 28 heavy (non-hydrogen) atoms. The van der Waals surface area contributed by atoms with Crippen molar-refractivity contribution in [3.8, 4) is 23.0 Å². The van der Waals surface area contributed by atoms with Gasteiger partial charge in [-0.1, -0.05) is 42.5 Å². The van der Waals surface area contributed by atoms with Gasteiger partial charge in [0.25, 0.3) is 0 Å². The zero-order chi connectivity index (χ0) is 19.9. The van der Waals surface area contributed by atoms with Crippen LogP contribution in [0.15, 0.2) is 72.8 Å². The maximum Gasteiger partial charge on any atom is 0.189 e. The van der Waals surface area contributed by atoms with E-state index in [4.69, 9.17) is 9.47 Å². The number of allylic oxidation sites excluding steroid dienone is 1. The molecule has 0 amide bonds. The molecule has 0 atom stereocenters. The van der Waals surface area contributed by atoms with Gasteiger partial charge in [0.1, 0.15) is 18.1 Å². The maximum atomic E-state index is 12.4. The van der Waals surface area contributed by atoms with Crippen LogP contribution < -0.4 is 9.47 Å². The minimum atomic E-state index is -0.348. The number of methoxy groups -OCH3 is 1. The lowest BCUT2D eigenvalue weighted by atomic mass is 10.1. The third-order valence-corrected chi connectivity index (χ3v) is 4.11. The van der Waals surface area contributed by atoms with Gasteiger partial charge in [-0.25, -0.2) is 0 Å². The standard InChI is InChI=1S/C23H20O5/c1-27-23-13-16(8-12-21(23)25)7-11-20(24)19-10-9-18(14-22(19)26)28-15-17-5-3-2-4-6-17/h2-14,25-26H,15H2,1H3. The Morgan fingerprint density at radius 2 is 1.75 bits per heavy atom. The summed E-state index contributed by atoms with van der Waals surface area (Å²) >= 11 is 0. The van der Waals surface area contributed by atoms with Gasteiger partial charge >= 0.3 is 0 Å². The smallest absolute Gasteiger partial charge is 0.189 e. The lowest BCUT2D eigenvalue weighted by Gasteiger charge is -2.08. The number of hydrogen-bond acceptors (Lipinski definition) is 5. The summed E-state index contributed by atoms with van der Waals surface area (Å²) in [6, 6.07) is 19.0. The predicted octanol–water partition coefficient (Wildman–Crippen LogP) is 4.58. The molecular weight excluding hydrogens is 356 g/mol. The summed E-state index contributed by atoms with van der Waals surface area (Å²) < 4.78 is 10.7. The third-order valence-electron chi connectivity index (χ3n) is 4.11. The third kappa shape index (κ3) is 4.71. The number of aromatic hydroxyl groups is 2. The lowest BCUT2D eigenvalue weighted by molar-refractivity contribution is 0.104. The molecule has 0 spiro atoms. The number of hydrogen-bond donors (Lipinski definition) is 2. The zero-order valence-corrected chi connectivity index (χ0v) is 15.3. The summed E-state index contributed by atoms with van der Waals surface area (Å²) in [5.41, 5.74) is 1.87. The second kappa shape index (κ2) is 8.77. The Kier molecular flexibility index (Phi) is 5.97. The molecule has 0 aliphatic carbocycles. The first kappa shape index (κ1) is 19.0. The molecule has 0 fully saturated rings. The van der Waals surface area contributed by atoms with E-state index in [1.54, 1.807) is 24.3 Å². The molecule has 3 aromatic rings. The number of benzene rings is 3. The summed E-state index contributed by atoms with van der Waals surface area (Å²) in [5, 5.41) is 19.8. The lowest BCUT2D eigenvalue weighted by Crippen LogP contribution is -1.98. The van der Waals surface area contributed by atoms with Crippen LogP contribution in [-0.2, 0) is 6.61 Å². The van der Waals surface area contributed by atoms with Gasteiger partial charge in [-0.2, -0.15) is 0 Å². The van der Waals surface area contributed by atoms with Crippen molar-refractivity contribution in [3.05, 3.63) is 89.5 Å². The first-order chi connectivity index (χ1) is 13.6. The van der Waals surface area contributed by atoms with Gasteiger partial charge in [0.05, 0.1) is 12.7 Å². The van der Waals surface area contributed by atoms with Crippen LogP contribution in [0.4, 0.5) is 0 Å². The van der Waals surface area contributed by atoms with Crippen molar-refractivity contribution in [2.75, 3.05) is 7.11 Å². The van der Waals surface area contributed by atoms with E-state index in [2.05, 4.69) is 0 Å². The fraction of sp³-hybridized carbons (Fsp3) is 0.0870. The van der Waals surface area contributed by atoms with E-state index in [9.17, 15) is 15.0 Å². The van der Waals surface area contributed by atoms with Crippen LogP contribution in [0, 0.1) is 0 Å². The Hall–Kier alpha value is -3.73. The Morgan fingerprint density at radius 1 is 0.964 bits per heavy atom. The number of phenols is 2. The Balaban J connectivity index is 1.68. The van der Waals surface area contributed by atoms with Crippen molar-refractivity contribution in [2.24, 2.45) is 0 Å². The van der Waals surface area contributed by atoms with Gasteiger partial charge < -0.3 is 19.7 Å². The second-order valence-electron chi connectivity index (χ2n) is 6.08. The molecule has 5 nitrogen and oxygen atoms in total. The molecule has 0 aliphatic heterocycles. The molecule has 0 unspecified atom stereocenters. The van der Waals surface area contributed by atoms with E-state index in [1.807, 2.05) is 30.3 Å². The molecule has 0 saturated carbocycles. The highest BCUT2D eigenvalue weighted by Gasteiger charge is 2.10. The molecule has 0 heterocycles. The zero-order valence-electron chi connectivity index (χ0n) is 15.3. The summed E-state index contributed by atoms with van der Waals surface area (Å²) in [5.74, 6) is 0.319. The van der Waals surface area contributed by atoms with Crippen molar-refractivity contribution < 1.29 is 24.5 Å². The van der Waals surface area contributed by atoms with Crippen LogP contribution in [0.2, 0.25) is 0 Å². The highest BCUT2D eigenvalue weighted by Crippen LogP contribution is 2.28. The number of carbonyl (C=O) groups excluding carboxylic acids is 1. The maximum absolute atomic E-state index is 12.4. The van der Waals surface area contributed by atoms with Crippen molar-refractivity contribution >= 4 is 11.9 Å². The van der Waals surface area contributed by atoms with Crippen LogP contribution in [0.5, 0.6) is 23.0 Å². The molecule has 5 heteroatoms. The van der Waals surface area contributed by atoms with Gasteiger partial charge in [0, 0.05) is 6.07 Å². The first-order valence-corrected chi connectivity index (χ1v) is 8.66. The van der Waals surface area contributed by atoms with Crippen LogP contribution >= 0.6 is 0 Å². The van der Waals surface area contributed by atoms with Crippen LogP contribution in [0.1, 0.15) is 21.5 Å². The van der Waals surface area contributed by atoms with Crippen molar-refractivity contribution in [1.82, 2.24) is 0 Å². The van der Waals surface area contributed by atoms with Crippen molar-refractivity contribution in [1.29, 1.82) is 0 Å². The molecule has 0 aliphatic rings. The minimum absolute atomic E-state index is 0.0229. The molecule has 0 aromatic heterocycles.